The Hall–Kier alpha value is -2.42. The molecule has 0 aromatic heterocycles. The van der Waals surface area contributed by atoms with Gasteiger partial charge in [-0.15, -0.1) is 0 Å². The van der Waals surface area contributed by atoms with Crippen LogP contribution in [0.1, 0.15) is 15.9 Å². The Kier molecular flexibility index (Phi) is 7.24. The number of urea groups is 1. The zero-order valence-corrected chi connectivity index (χ0v) is 18.1. The molecule has 0 aliphatic carbocycles. The average Bonchev–Trinajstić information content (AvgIpc) is 2.77. The van der Waals surface area contributed by atoms with Gasteiger partial charge in [-0.25, -0.2) is 9.86 Å². The van der Waals surface area contributed by atoms with Crippen molar-refractivity contribution in [1.29, 1.82) is 0 Å². The number of nitrogens with zero attached hydrogens (tertiary/aromatic N) is 3. The molecule has 0 spiro atoms. The molecule has 2 aromatic carbocycles. The highest BCUT2D eigenvalue weighted by molar-refractivity contribution is 9.10. The molecule has 1 heterocycles. The molecule has 8 heteroatoms. The van der Waals surface area contributed by atoms with Crippen LogP contribution in [0.25, 0.3) is 0 Å². The Morgan fingerprint density at radius 2 is 1.83 bits per heavy atom. The van der Waals surface area contributed by atoms with Crippen molar-refractivity contribution >= 4 is 33.6 Å². The molecule has 1 aliphatic rings. The number of anilines is 1. The molecule has 0 unspecified atom stereocenters. The van der Waals surface area contributed by atoms with E-state index in [0.29, 0.717) is 38.4 Å². The van der Waals surface area contributed by atoms with Crippen LogP contribution in [0.3, 0.4) is 0 Å². The van der Waals surface area contributed by atoms with Crippen molar-refractivity contribution in [3.8, 4) is 0 Å². The van der Waals surface area contributed by atoms with Crippen LogP contribution in [0.5, 0.6) is 0 Å². The molecular weight excluding hydrogens is 438 g/mol. The fraction of sp³-hybridized carbons (Fsp3) is 0.333. The predicted molar refractivity (Wildman–Crippen MR) is 114 cm³/mol. The third-order valence-corrected chi connectivity index (χ3v) is 5.23. The molecule has 1 fully saturated rings. The first-order valence-electron chi connectivity index (χ1n) is 9.30. The molecule has 154 valence electrons. The van der Waals surface area contributed by atoms with Crippen LogP contribution in [0.15, 0.2) is 53.0 Å². The Labute approximate surface area is 178 Å². The SMILES string of the molecule is CON(C)C(=O)c1ccc(CN(C(=O)N2CCOCC2)c2cccc(Br)c2)cc1. The second-order valence-corrected chi connectivity index (χ2v) is 7.55. The van der Waals surface area contributed by atoms with E-state index in [2.05, 4.69) is 15.9 Å². The van der Waals surface area contributed by atoms with E-state index in [1.165, 1.54) is 12.2 Å². The second kappa shape index (κ2) is 9.87. The molecule has 2 aromatic rings. The van der Waals surface area contributed by atoms with Gasteiger partial charge < -0.3 is 9.64 Å². The largest absolute Gasteiger partial charge is 0.378 e. The van der Waals surface area contributed by atoms with Gasteiger partial charge in [-0.1, -0.05) is 34.1 Å². The minimum absolute atomic E-state index is 0.0642. The molecule has 3 rings (SSSR count). The lowest BCUT2D eigenvalue weighted by atomic mass is 10.1. The minimum atomic E-state index is -0.229. The van der Waals surface area contributed by atoms with Gasteiger partial charge in [0, 0.05) is 35.9 Å². The lowest BCUT2D eigenvalue weighted by molar-refractivity contribution is -0.0756. The number of hydroxylamine groups is 2. The smallest absolute Gasteiger partial charge is 0.324 e. The summed E-state index contributed by atoms with van der Waals surface area (Å²) in [7, 11) is 3.01. The Bertz CT molecular complexity index is 853. The molecule has 0 atom stereocenters. The standard InChI is InChI=1S/C21H24BrN3O4/c1-23(28-2)20(26)17-8-6-16(7-9-17)15-25(19-5-3-4-18(22)14-19)21(27)24-10-12-29-13-11-24/h3-9,14H,10-13,15H2,1-2H3. The summed E-state index contributed by atoms with van der Waals surface area (Å²) in [6.07, 6.45) is 0. The monoisotopic (exact) mass is 461 g/mol. The molecule has 29 heavy (non-hydrogen) atoms. The van der Waals surface area contributed by atoms with E-state index in [1.807, 2.05) is 36.4 Å². The van der Waals surface area contributed by atoms with Gasteiger partial charge in [-0.2, -0.15) is 0 Å². The molecule has 7 nitrogen and oxygen atoms in total. The van der Waals surface area contributed by atoms with E-state index in [4.69, 9.17) is 9.57 Å². The number of carbonyl (C=O) groups excluding carboxylic acids is 2. The van der Waals surface area contributed by atoms with Crippen molar-refractivity contribution in [3.05, 3.63) is 64.1 Å². The van der Waals surface area contributed by atoms with Crippen molar-refractivity contribution in [2.75, 3.05) is 45.4 Å². The highest BCUT2D eigenvalue weighted by Crippen LogP contribution is 2.24. The summed E-state index contributed by atoms with van der Waals surface area (Å²) in [5.74, 6) is -0.229. The Morgan fingerprint density at radius 1 is 1.14 bits per heavy atom. The zero-order valence-electron chi connectivity index (χ0n) is 16.5. The fourth-order valence-electron chi connectivity index (χ4n) is 3.04. The van der Waals surface area contributed by atoms with Crippen molar-refractivity contribution in [1.82, 2.24) is 9.96 Å². The summed E-state index contributed by atoms with van der Waals surface area (Å²) in [5, 5.41) is 1.17. The average molecular weight is 462 g/mol. The number of rotatable bonds is 5. The van der Waals surface area contributed by atoms with Gasteiger partial charge in [0.2, 0.25) is 0 Å². The third-order valence-electron chi connectivity index (χ3n) is 4.73. The molecule has 1 saturated heterocycles. The Morgan fingerprint density at radius 3 is 2.45 bits per heavy atom. The number of morpholine rings is 1. The fourth-order valence-corrected chi connectivity index (χ4v) is 3.43. The van der Waals surface area contributed by atoms with Gasteiger partial charge in [-0.3, -0.25) is 14.5 Å². The van der Waals surface area contributed by atoms with E-state index in [9.17, 15) is 9.59 Å². The second-order valence-electron chi connectivity index (χ2n) is 6.63. The highest BCUT2D eigenvalue weighted by Gasteiger charge is 2.24. The van der Waals surface area contributed by atoms with Gasteiger partial charge in [0.1, 0.15) is 0 Å². The lowest BCUT2D eigenvalue weighted by Gasteiger charge is -2.33. The minimum Gasteiger partial charge on any atom is -0.378 e. The van der Waals surface area contributed by atoms with Crippen LogP contribution in [-0.4, -0.2) is 62.4 Å². The first-order valence-corrected chi connectivity index (χ1v) is 10.1. The summed E-state index contributed by atoms with van der Waals surface area (Å²) in [5.41, 5.74) is 2.24. The third kappa shape index (κ3) is 5.35. The molecule has 3 amide bonds. The zero-order chi connectivity index (χ0) is 20.8. The van der Waals surface area contributed by atoms with Crippen LogP contribution in [0.4, 0.5) is 10.5 Å². The van der Waals surface area contributed by atoms with Crippen molar-refractivity contribution in [2.24, 2.45) is 0 Å². The number of hydrogen-bond acceptors (Lipinski definition) is 4. The van der Waals surface area contributed by atoms with Crippen molar-refractivity contribution in [3.63, 3.8) is 0 Å². The van der Waals surface area contributed by atoms with Crippen LogP contribution in [0, 0.1) is 0 Å². The summed E-state index contributed by atoms with van der Waals surface area (Å²) in [6, 6.07) is 14.8. The lowest BCUT2D eigenvalue weighted by Crippen LogP contribution is -2.48. The predicted octanol–water partition coefficient (Wildman–Crippen LogP) is 3.54. The van der Waals surface area contributed by atoms with E-state index in [-0.39, 0.29) is 11.9 Å². The van der Waals surface area contributed by atoms with Crippen molar-refractivity contribution in [2.45, 2.75) is 6.54 Å². The van der Waals surface area contributed by atoms with Gasteiger partial charge in [0.15, 0.2) is 0 Å². The maximum absolute atomic E-state index is 13.2. The number of amides is 3. The van der Waals surface area contributed by atoms with E-state index >= 15 is 0 Å². The van der Waals surface area contributed by atoms with Gasteiger partial charge in [0.25, 0.3) is 5.91 Å². The van der Waals surface area contributed by atoms with E-state index < -0.39 is 0 Å². The Balaban J connectivity index is 1.83. The highest BCUT2D eigenvalue weighted by atomic mass is 79.9. The molecule has 1 aliphatic heterocycles. The summed E-state index contributed by atoms with van der Waals surface area (Å²) in [6.45, 7) is 2.62. The topological polar surface area (TPSA) is 62.3 Å². The number of ether oxygens (including phenoxy) is 1. The molecule has 0 radical (unpaired) electrons. The van der Waals surface area contributed by atoms with Crippen LogP contribution >= 0.6 is 15.9 Å². The number of benzene rings is 2. The number of hydrogen-bond donors (Lipinski definition) is 0. The maximum atomic E-state index is 13.2. The first-order chi connectivity index (χ1) is 14.0. The quantitative estimate of drug-likeness (QED) is 0.638. The van der Waals surface area contributed by atoms with Crippen LogP contribution < -0.4 is 4.90 Å². The number of halogens is 1. The summed E-state index contributed by atoms with van der Waals surface area (Å²) >= 11 is 3.48. The summed E-state index contributed by atoms with van der Waals surface area (Å²) < 4.78 is 6.27. The molecule has 0 N–H and O–H groups in total. The van der Waals surface area contributed by atoms with Crippen molar-refractivity contribution < 1.29 is 19.2 Å². The van der Waals surface area contributed by atoms with Crippen LogP contribution in [0.2, 0.25) is 0 Å². The summed E-state index contributed by atoms with van der Waals surface area (Å²) in [4.78, 5) is 33.9. The maximum Gasteiger partial charge on any atom is 0.324 e. The van der Waals surface area contributed by atoms with Gasteiger partial charge >= 0.3 is 6.03 Å². The van der Waals surface area contributed by atoms with Gasteiger partial charge in [-0.05, 0) is 35.9 Å². The molecule has 0 bridgehead atoms. The first kappa shape index (κ1) is 21.3. The number of carbonyl (C=O) groups is 2. The van der Waals surface area contributed by atoms with E-state index in [0.717, 1.165) is 15.7 Å². The van der Waals surface area contributed by atoms with Crippen LogP contribution in [-0.2, 0) is 16.1 Å². The molecule has 0 saturated carbocycles. The normalized spacial score (nSPS) is 13.8. The molecular formula is C21H24BrN3O4. The van der Waals surface area contributed by atoms with Gasteiger partial charge in [0.05, 0.1) is 26.9 Å². The van der Waals surface area contributed by atoms with E-state index in [1.54, 1.807) is 29.0 Å².